The van der Waals surface area contributed by atoms with Gasteiger partial charge in [0.05, 0.1) is 57.8 Å². The van der Waals surface area contributed by atoms with Crippen LogP contribution < -0.4 is 20.3 Å². The van der Waals surface area contributed by atoms with Crippen molar-refractivity contribution in [3.05, 3.63) is 65.5 Å². The molecule has 0 saturated heterocycles. The number of hydrogen-bond acceptors (Lipinski definition) is 10. The van der Waals surface area contributed by atoms with Gasteiger partial charge in [0.25, 0.3) is 0 Å². The van der Waals surface area contributed by atoms with Crippen LogP contribution in [0.5, 0.6) is 5.75 Å². The number of nitrogens with zero attached hydrogens (tertiary/aromatic N) is 2. The molecular weight excluding hydrogens is 562 g/mol. The first-order chi connectivity index (χ1) is 21.6. The van der Waals surface area contributed by atoms with E-state index in [0.29, 0.717) is 65.1 Å². The molecule has 0 aromatic heterocycles. The maximum Gasteiger partial charge on any atom is 0.325 e. The standard InChI is InChI=1S/C34H41N3O7/c1-4-36-26-7-9-28-31(21-26)44-30-19-24(22-35-2)5-8-27(30)34(28)25-6-10-29-32(20-25)43-18-17-42-16-15-41-14-13-40-12-11-37(29)23-33(38)39-3/h5-10,19-21,35H,4,11-18,22-23H2,1-3H3. The Morgan fingerprint density at radius 3 is 2.45 bits per heavy atom. The van der Waals surface area contributed by atoms with Crippen molar-refractivity contribution in [3.8, 4) is 28.2 Å². The predicted octanol–water partition coefficient (Wildman–Crippen LogP) is 4.27. The van der Waals surface area contributed by atoms with E-state index in [9.17, 15) is 4.79 Å². The first-order valence-electron chi connectivity index (χ1n) is 15.1. The van der Waals surface area contributed by atoms with Crippen LogP contribution in [0.25, 0.3) is 33.4 Å². The maximum atomic E-state index is 12.4. The number of carbonyl (C=O) groups excluding carboxylic acids is 1. The van der Waals surface area contributed by atoms with E-state index >= 15 is 0 Å². The quantitative estimate of drug-likeness (QED) is 0.256. The Morgan fingerprint density at radius 2 is 1.70 bits per heavy atom. The number of fused-ring (bicyclic) bond motifs is 3. The van der Waals surface area contributed by atoms with Gasteiger partial charge in [-0.3, -0.25) is 9.79 Å². The summed E-state index contributed by atoms with van der Waals surface area (Å²) in [6, 6.07) is 18.5. The average Bonchev–Trinajstić information content (AvgIpc) is 3.04. The van der Waals surface area contributed by atoms with Crippen molar-refractivity contribution in [2.45, 2.75) is 13.5 Å². The van der Waals surface area contributed by atoms with Crippen LogP contribution in [0.4, 0.5) is 5.69 Å². The third-order valence-electron chi connectivity index (χ3n) is 7.36. The molecule has 234 valence electrons. The van der Waals surface area contributed by atoms with Crippen molar-refractivity contribution >= 4 is 22.6 Å². The van der Waals surface area contributed by atoms with E-state index < -0.39 is 0 Å². The molecule has 0 saturated carbocycles. The molecule has 0 unspecified atom stereocenters. The van der Waals surface area contributed by atoms with Gasteiger partial charge in [-0.2, -0.15) is 0 Å². The lowest BCUT2D eigenvalue weighted by atomic mass is 9.92. The number of rotatable bonds is 6. The van der Waals surface area contributed by atoms with E-state index in [1.54, 1.807) is 0 Å². The van der Waals surface area contributed by atoms with E-state index in [2.05, 4.69) is 40.6 Å². The molecule has 3 aliphatic rings. The van der Waals surface area contributed by atoms with Crippen molar-refractivity contribution in [2.24, 2.45) is 4.99 Å². The van der Waals surface area contributed by atoms with Gasteiger partial charge >= 0.3 is 5.97 Å². The minimum atomic E-state index is -0.350. The van der Waals surface area contributed by atoms with Gasteiger partial charge in [0.2, 0.25) is 0 Å². The summed E-state index contributed by atoms with van der Waals surface area (Å²) in [4.78, 5) is 18.9. The zero-order chi connectivity index (χ0) is 30.7. The van der Waals surface area contributed by atoms with Gasteiger partial charge in [-0.15, -0.1) is 0 Å². The minimum Gasteiger partial charge on any atom is -0.489 e. The first-order valence-corrected chi connectivity index (χ1v) is 15.1. The number of hydrogen-bond donors (Lipinski definition) is 1. The summed E-state index contributed by atoms with van der Waals surface area (Å²) < 4.78 is 34.9. The SMILES string of the molecule is CCN=c1ccc2c(-c3ccc4c(c3)OCCOCCOCCOCCN4CC(=O)OC)c3ccc(CNC)cc3oc-2c1. The van der Waals surface area contributed by atoms with Gasteiger partial charge in [-0.1, -0.05) is 18.2 Å². The highest BCUT2D eigenvalue weighted by atomic mass is 16.6. The minimum absolute atomic E-state index is 0.0522. The summed E-state index contributed by atoms with van der Waals surface area (Å²) in [6.07, 6.45) is 0. The number of ether oxygens (including phenoxy) is 5. The van der Waals surface area contributed by atoms with E-state index in [4.69, 9.17) is 28.1 Å². The molecule has 0 radical (unpaired) electrons. The highest BCUT2D eigenvalue weighted by molar-refractivity contribution is 6.02. The van der Waals surface area contributed by atoms with Crippen LogP contribution in [-0.4, -0.2) is 86.0 Å². The van der Waals surface area contributed by atoms with Gasteiger partial charge in [-0.05, 0) is 55.4 Å². The summed E-state index contributed by atoms with van der Waals surface area (Å²) in [5, 5.41) is 5.07. The van der Waals surface area contributed by atoms with Gasteiger partial charge < -0.3 is 38.3 Å². The van der Waals surface area contributed by atoms with Crippen LogP contribution >= 0.6 is 0 Å². The number of anilines is 1. The number of esters is 1. The van der Waals surface area contributed by atoms with Crippen molar-refractivity contribution in [1.82, 2.24) is 5.32 Å². The smallest absolute Gasteiger partial charge is 0.325 e. The second-order valence-corrected chi connectivity index (χ2v) is 10.4. The Balaban J connectivity index is 1.64. The van der Waals surface area contributed by atoms with E-state index in [1.807, 2.05) is 43.1 Å². The van der Waals surface area contributed by atoms with Crippen LogP contribution in [-0.2, 0) is 30.3 Å². The van der Waals surface area contributed by atoms with Crippen molar-refractivity contribution < 1.29 is 32.9 Å². The third-order valence-corrected chi connectivity index (χ3v) is 7.36. The molecule has 0 atom stereocenters. The van der Waals surface area contributed by atoms with E-state index in [1.165, 1.54) is 7.11 Å². The van der Waals surface area contributed by atoms with Crippen molar-refractivity contribution in [2.75, 3.05) is 84.9 Å². The molecule has 2 aromatic rings. The number of benzene rings is 3. The highest BCUT2D eigenvalue weighted by Crippen LogP contribution is 2.43. The number of carbonyl (C=O) groups is 1. The van der Waals surface area contributed by atoms with Gasteiger partial charge in [0.15, 0.2) is 0 Å². The van der Waals surface area contributed by atoms with Gasteiger partial charge in [0, 0.05) is 42.2 Å². The molecule has 0 bridgehead atoms. The lowest BCUT2D eigenvalue weighted by Crippen LogP contribution is -2.34. The monoisotopic (exact) mass is 603 g/mol. The van der Waals surface area contributed by atoms with Crippen LogP contribution in [0.2, 0.25) is 0 Å². The van der Waals surface area contributed by atoms with Gasteiger partial charge in [0.1, 0.15) is 30.2 Å². The summed E-state index contributed by atoms with van der Waals surface area (Å²) in [6.45, 7) is 6.98. The highest BCUT2D eigenvalue weighted by Gasteiger charge is 2.22. The molecule has 2 aromatic carbocycles. The molecule has 1 N–H and O–H groups in total. The van der Waals surface area contributed by atoms with Gasteiger partial charge in [-0.25, -0.2) is 0 Å². The van der Waals surface area contributed by atoms with Crippen LogP contribution in [0, 0.1) is 0 Å². The maximum absolute atomic E-state index is 12.4. The number of methoxy groups -OCH3 is 1. The Labute approximate surface area is 257 Å². The Bertz CT molecular complexity index is 1590. The summed E-state index contributed by atoms with van der Waals surface area (Å²) >= 11 is 0. The Morgan fingerprint density at radius 1 is 0.932 bits per heavy atom. The zero-order valence-electron chi connectivity index (χ0n) is 25.7. The van der Waals surface area contributed by atoms with Crippen LogP contribution in [0.3, 0.4) is 0 Å². The normalized spacial score (nSPS) is 15.8. The zero-order valence-corrected chi connectivity index (χ0v) is 25.7. The molecule has 0 spiro atoms. The van der Waals surface area contributed by atoms with Crippen molar-refractivity contribution in [1.29, 1.82) is 0 Å². The molecule has 2 aliphatic heterocycles. The molecule has 2 heterocycles. The Hall–Kier alpha value is -3.96. The molecule has 1 aliphatic carbocycles. The number of nitrogens with one attached hydrogen (secondary N) is 1. The van der Waals surface area contributed by atoms with E-state index in [0.717, 1.165) is 56.6 Å². The van der Waals surface area contributed by atoms with Crippen molar-refractivity contribution in [3.63, 3.8) is 0 Å². The molecule has 10 nitrogen and oxygen atoms in total. The molecular formula is C34H41N3O7. The predicted molar refractivity (Wildman–Crippen MR) is 169 cm³/mol. The largest absolute Gasteiger partial charge is 0.489 e. The van der Waals surface area contributed by atoms with E-state index in [-0.39, 0.29) is 12.5 Å². The summed E-state index contributed by atoms with van der Waals surface area (Å²) in [5.74, 6) is 1.03. The van der Waals surface area contributed by atoms with Crippen LogP contribution in [0.15, 0.2) is 64.0 Å². The lowest BCUT2D eigenvalue weighted by molar-refractivity contribution is -0.139. The average molecular weight is 604 g/mol. The third kappa shape index (κ3) is 7.75. The fourth-order valence-corrected chi connectivity index (χ4v) is 5.31. The summed E-state index contributed by atoms with van der Waals surface area (Å²) in [5.41, 5.74) is 5.62. The first kappa shape index (κ1) is 31.5. The fraction of sp³-hybridized carbons (Fsp3) is 0.412. The topological polar surface area (TPSA) is 104 Å². The van der Waals surface area contributed by atoms with Crippen LogP contribution in [0.1, 0.15) is 12.5 Å². The lowest BCUT2D eigenvalue weighted by Gasteiger charge is -2.26. The molecule has 5 rings (SSSR count). The molecule has 0 amide bonds. The summed E-state index contributed by atoms with van der Waals surface area (Å²) in [7, 11) is 3.32. The second kappa shape index (κ2) is 15.7. The fourth-order valence-electron chi connectivity index (χ4n) is 5.31. The molecule has 44 heavy (non-hydrogen) atoms. The molecule has 0 fully saturated rings. The molecule has 10 heteroatoms. The second-order valence-electron chi connectivity index (χ2n) is 10.4. The Kier molecular flexibility index (Phi) is 11.2.